The Bertz CT molecular complexity index is 456. The lowest BCUT2D eigenvalue weighted by Gasteiger charge is -2.19. The fourth-order valence-electron chi connectivity index (χ4n) is 1.57. The van der Waals surface area contributed by atoms with E-state index in [0.717, 1.165) is 12.0 Å². The van der Waals surface area contributed by atoms with Crippen molar-refractivity contribution in [3.8, 4) is 0 Å². The van der Waals surface area contributed by atoms with E-state index in [4.69, 9.17) is 4.74 Å². The van der Waals surface area contributed by atoms with Gasteiger partial charge < -0.3 is 15.4 Å². The number of carbonyl (C=O) groups excluding carboxylic acids is 1. The van der Waals surface area contributed by atoms with Gasteiger partial charge in [0.25, 0.3) is 0 Å². The lowest BCUT2D eigenvalue weighted by molar-refractivity contribution is 0.0523. The van der Waals surface area contributed by atoms with Gasteiger partial charge in [0, 0.05) is 13.1 Å². The second-order valence-corrected chi connectivity index (χ2v) is 5.60. The van der Waals surface area contributed by atoms with Crippen molar-refractivity contribution in [3.05, 3.63) is 29.6 Å². The lowest BCUT2D eigenvalue weighted by Crippen LogP contribution is -2.32. The summed E-state index contributed by atoms with van der Waals surface area (Å²) >= 11 is 0. The number of rotatable bonds is 5. The first-order valence-corrected chi connectivity index (χ1v) is 6.81. The van der Waals surface area contributed by atoms with E-state index >= 15 is 0 Å². The van der Waals surface area contributed by atoms with Crippen LogP contribution in [0.1, 0.15) is 39.7 Å². The minimum absolute atomic E-state index is 0.292. The summed E-state index contributed by atoms with van der Waals surface area (Å²) in [6.07, 6.45) is 0.435. The molecule has 5 heteroatoms. The normalized spacial score (nSPS) is 11.1. The maximum Gasteiger partial charge on any atom is 0.407 e. The molecule has 20 heavy (non-hydrogen) atoms. The van der Waals surface area contributed by atoms with E-state index in [2.05, 4.69) is 10.6 Å². The Morgan fingerprint density at radius 2 is 2.05 bits per heavy atom. The maximum atomic E-state index is 13.5. The molecule has 1 aromatic rings. The Morgan fingerprint density at radius 1 is 1.35 bits per heavy atom. The van der Waals surface area contributed by atoms with E-state index in [1.807, 2.05) is 6.92 Å². The van der Waals surface area contributed by atoms with Crippen molar-refractivity contribution in [1.82, 2.24) is 5.32 Å². The predicted octanol–water partition coefficient (Wildman–Crippen LogP) is 3.67. The third-order valence-electron chi connectivity index (χ3n) is 2.43. The Hall–Kier alpha value is -1.78. The standard InChI is InChI=1S/C15H23FN2O2/c1-5-8-17-13-9-11(6-7-12(13)16)10-18-14(19)20-15(2,3)4/h6-7,9,17H,5,8,10H2,1-4H3,(H,18,19). The lowest BCUT2D eigenvalue weighted by atomic mass is 10.2. The summed E-state index contributed by atoms with van der Waals surface area (Å²) in [7, 11) is 0. The molecule has 4 nitrogen and oxygen atoms in total. The first kappa shape index (κ1) is 16.3. The van der Waals surface area contributed by atoms with Crippen molar-refractivity contribution in [1.29, 1.82) is 0 Å². The summed E-state index contributed by atoms with van der Waals surface area (Å²) in [6.45, 7) is 8.43. The largest absolute Gasteiger partial charge is 0.444 e. The first-order chi connectivity index (χ1) is 9.31. The molecule has 1 aromatic carbocycles. The van der Waals surface area contributed by atoms with Crippen LogP contribution in [0.2, 0.25) is 0 Å². The second kappa shape index (κ2) is 7.12. The number of hydrogen-bond donors (Lipinski definition) is 2. The molecule has 0 unspecified atom stereocenters. The Morgan fingerprint density at radius 3 is 2.65 bits per heavy atom. The quantitative estimate of drug-likeness (QED) is 0.866. The topological polar surface area (TPSA) is 50.4 Å². The van der Waals surface area contributed by atoms with Crippen LogP contribution in [0.25, 0.3) is 0 Å². The zero-order valence-corrected chi connectivity index (χ0v) is 12.5. The van der Waals surface area contributed by atoms with Crippen LogP contribution in [0.15, 0.2) is 18.2 Å². The molecule has 0 radical (unpaired) electrons. The second-order valence-electron chi connectivity index (χ2n) is 5.60. The van der Waals surface area contributed by atoms with Gasteiger partial charge in [0.2, 0.25) is 0 Å². The number of nitrogens with one attached hydrogen (secondary N) is 2. The monoisotopic (exact) mass is 282 g/mol. The van der Waals surface area contributed by atoms with Gasteiger partial charge >= 0.3 is 6.09 Å². The molecule has 0 heterocycles. The van der Waals surface area contributed by atoms with Crippen LogP contribution in [-0.4, -0.2) is 18.2 Å². The van der Waals surface area contributed by atoms with Crippen molar-refractivity contribution in [2.45, 2.75) is 46.3 Å². The van der Waals surface area contributed by atoms with Gasteiger partial charge in [0.15, 0.2) is 0 Å². The zero-order chi connectivity index (χ0) is 15.2. The van der Waals surface area contributed by atoms with Crippen LogP contribution in [0, 0.1) is 5.82 Å². The third kappa shape index (κ3) is 5.91. The van der Waals surface area contributed by atoms with Gasteiger partial charge in [-0.25, -0.2) is 9.18 Å². The fraction of sp³-hybridized carbons (Fsp3) is 0.533. The zero-order valence-electron chi connectivity index (χ0n) is 12.5. The molecule has 0 aliphatic heterocycles. The summed E-state index contributed by atoms with van der Waals surface area (Å²) in [5, 5.41) is 5.66. The van der Waals surface area contributed by atoms with Crippen molar-refractivity contribution >= 4 is 11.8 Å². The minimum atomic E-state index is -0.527. The number of ether oxygens (including phenoxy) is 1. The van der Waals surface area contributed by atoms with Gasteiger partial charge in [0.1, 0.15) is 11.4 Å². The number of anilines is 1. The number of benzene rings is 1. The smallest absolute Gasteiger partial charge is 0.407 e. The van der Waals surface area contributed by atoms with Crippen molar-refractivity contribution in [2.75, 3.05) is 11.9 Å². The van der Waals surface area contributed by atoms with Crippen LogP contribution in [-0.2, 0) is 11.3 Å². The number of halogens is 1. The summed E-state index contributed by atoms with van der Waals surface area (Å²) in [4.78, 5) is 11.5. The van der Waals surface area contributed by atoms with E-state index in [9.17, 15) is 9.18 Å². The van der Waals surface area contributed by atoms with Crippen LogP contribution >= 0.6 is 0 Å². The highest BCUT2D eigenvalue weighted by Crippen LogP contribution is 2.16. The molecule has 1 rings (SSSR count). The average Bonchev–Trinajstić information content (AvgIpc) is 2.34. The number of carbonyl (C=O) groups is 1. The first-order valence-electron chi connectivity index (χ1n) is 6.81. The van der Waals surface area contributed by atoms with E-state index in [1.54, 1.807) is 32.9 Å². The maximum absolute atomic E-state index is 13.5. The molecule has 112 valence electrons. The van der Waals surface area contributed by atoms with Gasteiger partial charge in [-0.05, 0) is 44.9 Å². The molecule has 0 bridgehead atoms. The number of alkyl carbamates (subject to hydrolysis) is 1. The summed E-state index contributed by atoms with van der Waals surface area (Å²) in [5.41, 5.74) is 0.743. The SMILES string of the molecule is CCCNc1cc(CNC(=O)OC(C)(C)C)ccc1F. The van der Waals surface area contributed by atoms with Gasteiger partial charge in [0.05, 0.1) is 5.69 Å². The molecule has 2 N–H and O–H groups in total. The molecule has 1 amide bonds. The highest BCUT2D eigenvalue weighted by atomic mass is 19.1. The predicted molar refractivity (Wildman–Crippen MR) is 78.3 cm³/mol. The number of amides is 1. The minimum Gasteiger partial charge on any atom is -0.444 e. The summed E-state index contributed by atoms with van der Waals surface area (Å²) in [6, 6.07) is 4.73. The highest BCUT2D eigenvalue weighted by Gasteiger charge is 2.15. The summed E-state index contributed by atoms with van der Waals surface area (Å²) < 4.78 is 18.7. The molecule has 0 saturated heterocycles. The molecule has 0 aliphatic carbocycles. The van der Waals surface area contributed by atoms with Crippen LogP contribution in [0.4, 0.5) is 14.9 Å². The van der Waals surface area contributed by atoms with Crippen LogP contribution in [0.5, 0.6) is 0 Å². The Labute approximate surface area is 119 Å². The average molecular weight is 282 g/mol. The molecule has 0 spiro atoms. The van der Waals surface area contributed by atoms with Crippen molar-refractivity contribution < 1.29 is 13.9 Å². The van der Waals surface area contributed by atoms with E-state index in [1.165, 1.54) is 6.07 Å². The molecule has 0 aliphatic rings. The molecule has 0 aromatic heterocycles. The van der Waals surface area contributed by atoms with Crippen LogP contribution in [0.3, 0.4) is 0 Å². The van der Waals surface area contributed by atoms with Gasteiger partial charge in [-0.1, -0.05) is 13.0 Å². The Balaban J connectivity index is 2.58. The van der Waals surface area contributed by atoms with Gasteiger partial charge in [-0.15, -0.1) is 0 Å². The van der Waals surface area contributed by atoms with E-state index in [-0.39, 0.29) is 5.82 Å². The molecular weight excluding hydrogens is 259 g/mol. The molecule has 0 fully saturated rings. The van der Waals surface area contributed by atoms with Crippen LogP contribution < -0.4 is 10.6 Å². The van der Waals surface area contributed by atoms with Gasteiger partial charge in [-0.2, -0.15) is 0 Å². The molecular formula is C15H23FN2O2. The number of hydrogen-bond acceptors (Lipinski definition) is 3. The summed E-state index contributed by atoms with van der Waals surface area (Å²) in [5.74, 6) is -0.292. The van der Waals surface area contributed by atoms with Crippen molar-refractivity contribution in [3.63, 3.8) is 0 Å². The van der Waals surface area contributed by atoms with Crippen molar-refractivity contribution in [2.24, 2.45) is 0 Å². The fourth-order valence-corrected chi connectivity index (χ4v) is 1.57. The Kier molecular flexibility index (Phi) is 5.80. The molecule has 0 atom stereocenters. The molecule has 0 saturated carbocycles. The van der Waals surface area contributed by atoms with E-state index < -0.39 is 11.7 Å². The van der Waals surface area contributed by atoms with Gasteiger partial charge in [-0.3, -0.25) is 0 Å². The van der Waals surface area contributed by atoms with E-state index in [0.29, 0.717) is 18.8 Å². The third-order valence-corrected chi connectivity index (χ3v) is 2.43. The highest BCUT2D eigenvalue weighted by molar-refractivity contribution is 5.67.